The molecule has 0 bridgehead atoms. The number of morpholine rings is 1. The van der Waals surface area contributed by atoms with Crippen molar-refractivity contribution in [3.05, 3.63) is 29.8 Å². The van der Waals surface area contributed by atoms with Gasteiger partial charge in [0.15, 0.2) is 0 Å². The van der Waals surface area contributed by atoms with Gasteiger partial charge in [-0.2, -0.15) is 0 Å². The Morgan fingerprint density at radius 2 is 1.92 bits per heavy atom. The molecule has 2 fully saturated rings. The Morgan fingerprint density at radius 1 is 1.16 bits per heavy atom. The number of rotatable bonds is 6. The maximum Gasteiger partial charge on any atom is 0.227 e. The molecule has 3 rings (SSSR count). The Hall–Kier alpha value is -1.59. The molecule has 138 valence electrons. The van der Waals surface area contributed by atoms with Crippen LogP contribution in [0.2, 0.25) is 0 Å². The molecule has 1 unspecified atom stereocenters. The monoisotopic (exact) mass is 346 g/mol. The molecule has 0 saturated carbocycles. The van der Waals surface area contributed by atoms with E-state index in [-0.39, 0.29) is 5.91 Å². The van der Waals surface area contributed by atoms with E-state index in [9.17, 15) is 4.79 Å². The van der Waals surface area contributed by atoms with E-state index in [2.05, 4.69) is 9.80 Å². The van der Waals surface area contributed by atoms with E-state index in [0.29, 0.717) is 12.5 Å². The van der Waals surface area contributed by atoms with E-state index < -0.39 is 0 Å². The van der Waals surface area contributed by atoms with Crippen LogP contribution in [0.4, 0.5) is 0 Å². The summed E-state index contributed by atoms with van der Waals surface area (Å²) in [6.45, 7) is 5.69. The van der Waals surface area contributed by atoms with Crippen molar-refractivity contribution >= 4 is 5.91 Å². The van der Waals surface area contributed by atoms with E-state index in [1.165, 1.54) is 6.42 Å². The molecule has 0 aromatic heterocycles. The van der Waals surface area contributed by atoms with Gasteiger partial charge in [0, 0.05) is 32.2 Å². The van der Waals surface area contributed by atoms with Crippen molar-refractivity contribution < 1.29 is 14.3 Å². The maximum absolute atomic E-state index is 12.8. The molecule has 1 aromatic rings. The van der Waals surface area contributed by atoms with Crippen LogP contribution < -0.4 is 4.74 Å². The average Bonchev–Trinajstić information content (AvgIpc) is 2.68. The summed E-state index contributed by atoms with van der Waals surface area (Å²) in [5.74, 6) is 1.09. The van der Waals surface area contributed by atoms with Crippen LogP contribution in [0, 0.1) is 0 Å². The number of hydrogen-bond donors (Lipinski definition) is 0. The summed E-state index contributed by atoms with van der Waals surface area (Å²) < 4.78 is 10.6. The van der Waals surface area contributed by atoms with Crippen LogP contribution in [0.3, 0.4) is 0 Å². The molecule has 1 aromatic carbocycles. The SMILES string of the molecule is COc1ccc(CC(=O)N2CCCCC2CCN2CCOCC2)cc1. The van der Waals surface area contributed by atoms with Gasteiger partial charge in [0.25, 0.3) is 0 Å². The van der Waals surface area contributed by atoms with Gasteiger partial charge in [0.05, 0.1) is 26.7 Å². The van der Waals surface area contributed by atoms with Gasteiger partial charge in [0.1, 0.15) is 5.75 Å². The third kappa shape index (κ3) is 5.19. The minimum atomic E-state index is 0.261. The van der Waals surface area contributed by atoms with Crippen LogP contribution in [-0.2, 0) is 16.0 Å². The molecule has 1 atom stereocenters. The Bertz CT molecular complexity index is 540. The van der Waals surface area contributed by atoms with Crippen LogP contribution in [0.5, 0.6) is 5.75 Å². The molecule has 0 radical (unpaired) electrons. The molecule has 5 heteroatoms. The predicted octanol–water partition coefficient (Wildman–Crippen LogP) is 2.34. The summed E-state index contributed by atoms with van der Waals surface area (Å²) in [7, 11) is 1.66. The van der Waals surface area contributed by atoms with Gasteiger partial charge in [-0.05, 0) is 43.4 Å². The van der Waals surface area contributed by atoms with Crippen molar-refractivity contribution in [3.63, 3.8) is 0 Å². The summed E-state index contributed by atoms with van der Waals surface area (Å²) >= 11 is 0. The molecule has 5 nitrogen and oxygen atoms in total. The maximum atomic E-state index is 12.8. The quantitative estimate of drug-likeness (QED) is 0.793. The number of nitrogens with zero attached hydrogens (tertiary/aromatic N) is 2. The van der Waals surface area contributed by atoms with Crippen LogP contribution in [0.25, 0.3) is 0 Å². The topological polar surface area (TPSA) is 42.0 Å². The first-order chi connectivity index (χ1) is 12.3. The number of carbonyl (C=O) groups excluding carboxylic acids is 1. The predicted molar refractivity (Wildman–Crippen MR) is 97.9 cm³/mol. The molecular weight excluding hydrogens is 316 g/mol. The van der Waals surface area contributed by atoms with Gasteiger partial charge in [-0.25, -0.2) is 0 Å². The highest BCUT2D eigenvalue weighted by atomic mass is 16.5. The Balaban J connectivity index is 1.54. The van der Waals surface area contributed by atoms with Crippen LogP contribution in [0.15, 0.2) is 24.3 Å². The van der Waals surface area contributed by atoms with Crippen molar-refractivity contribution in [1.82, 2.24) is 9.80 Å². The summed E-state index contributed by atoms with van der Waals surface area (Å²) in [4.78, 5) is 17.4. The Morgan fingerprint density at radius 3 is 2.64 bits per heavy atom. The van der Waals surface area contributed by atoms with Gasteiger partial charge in [-0.1, -0.05) is 12.1 Å². The smallest absolute Gasteiger partial charge is 0.227 e. The lowest BCUT2D eigenvalue weighted by molar-refractivity contribution is -0.134. The molecule has 2 saturated heterocycles. The number of carbonyl (C=O) groups is 1. The fourth-order valence-corrected chi connectivity index (χ4v) is 3.80. The van der Waals surface area contributed by atoms with Crippen molar-refractivity contribution in [2.75, 3.05) is 46.5 Å². The number of benzene rings is 1. The van der Waals surface area contributed by atoms with Crippen LogP contribution in [0.1, 0.15) is 31.2 Å². The molecule has 0 N–H and O–H groups in total. The minimum absolute atomic E-state index is 0.261. The van der Waals surface area contributed by atoms with E-state index in [1.54, 1.807) is 7.11 Å². The zero-order valence-corrected chi connectivity index (χ0v) is 15.3. The fourth-order valence-electron chi connectivity index (χ4n) is 3.80. The normalized spacial score (nSPS) is 22.0. The Kier molecular flexibility index (Phi) is 6.70. The van der Waals surface area contributed by atoms with Gasteiger partial charge in [0.2, 0.25) is 5.91 Å². The first kappa shape index (κ1) is 18.2. The molecule has 0 aliphatic carbocycles. The van der Waals surface area contributed by atoms with E-state index >= 15 is 0 Å². The van der Waals surface area contributed by atoms with E-state index in [0.717, 1.165) is 70.0 Å². The van der Waals surface area contributed by atoms with E-state index in [1.807, 2.05) is 24.3 Å². The standard InChI is InChI=1S/C20H30N2O3/c1-24-19-7-5-17(6-8-19)16-20(23)22-10-3-2-4-18(22)9-11-21-12-14-25-15-13-21/h5-8,18H,2-4,9-16H2,1H3. The number of amides is 1. The molecule has 1 amide bonds. The Labute approximate surface area is 150 Å². The molecule has 2 heterocycles. The fraction of sp³-hybridized carbons (Fsp3) is 0.650. The highest BCUT2D eigenvalue weighted by molar-refractivity contribution is 5.79. The van der Waals surface area contributed by atoms with Crippen molar-refractivity contribution in [2.24, 2.45) is 0 Å². The second kappa shape index (κ2) is 9.20. The number of likely N-dealkylation sites (tertiary alicyclic amines) is 1. The summed E-state index contributed by atoms with van der Waals surface area (Å²) in [6.07, 6.45) is 5.06. The van der Waals surface area contributed by atoms with Crippen molar-refractivity contribution in [2.45, 2.75) is 38.1 Å². The lowest BCUT2D eigenvalue weighted by Crippen LogP contribution is -2.46. The first-order valence-electron chi connectivity index (χ1n) is 9.49. The number of piperidine rings is 1. The van der Waals surface area contributed by atoms with Gasteiger partial charge < -0.3 is 14.4 Å². The molecule has 2 aliphatic heterocycles. The molecule has 2 aliphatic rings. The molecule has 25 heavy (non-hydrogen) atoms. The highest BCUT2D eigenvalue weighted by Crippen LogP contribution is 2.22. The number of hydrogen-bond acceptors (Lipinski definition) is 4. The lowest BCUT2D eigenvalue weighted by Gasteiger charge is -2.37. The molecular formula is C20H30N2O3. The van der Waals surface area contributed by atoms with Gasteiger partial charge in [-0.3, -0.25) is 9.69 Å². The number of methoxy groups -OCH3 is 1. The zero-order chi connectivity index (χ0) is 17.5. The van der Waals surface area contributed by atoms with Crippen molar-refractivity contribution in [1.29, 1.82) is 0 Å². The van der Waals surface area contributed by atoms with Crippen LogP contribution >= 0.6 is 0 Å². The third-order valence-electron chi connectivity index (χ3n) is 5.34. The van der Waals surface area contributed by atoms with E-state index in [4.69, 9.17) is 9.47 Å². The van der Waals surface area contributed by atoms with Crippen LogP contribution in [-0.4, -0.2) is 68.3 Å². The number of ether oxygens (including phenoxy) is 2. The first-order valence-corrected chi connectivity index (χ1v) is 9.49. The zero-order valence-electron chi connectivity index (χ0n) is 15.3. The second-order valence-electron chi connectivity index (χ2n) is 7.00. The van der Waals surface area contributed by atoms with Gasteiger partial charge in [-0.15, -0.1) is 0 Å². The highest BCUT2D eigenvalue weighted by Gasteiger charge is 2.27. The third-order valence-corrected chi connectivity index (χ3v) is 5.34. The summed E-state index contributed by atoms with van der Waals surface area (Å²) in [6, 6.07) is 8.22. The minimum Gasteiger partial charge on any atom is -0.497 e. The average molecular weight is 346 g/mol. The summed E-state index contributed by atoms with van der Waals surface area (Å²) in [5.41, 5.74) is 1.06. The summed E-state index contributed by atoms with van der Waals surface area (Å²) in [5, 5.41) is 0. The lowest BCUT2D eigenvalue weighted by atomic mass is 9.98. The van der Waals surface area contributed by atoms with Crippen molar-refractivity contribution in [3.8, 4) is 5.75 Å². The largest absolute Gasteiger partial charge is 0.497 e. The van der Waals surface area contributed by atoms with Gasteiger partial charge >= 0.3 is 0 Å². The molecule has 0 spiro atoms. The second-order valence-corrected chi connectivity index (χ2v) is 7.00.